The van der Waals surface area contributed by atoms with E-state index in [1.165, 1.54) is 0 Å². The first-order valence-electron chi connectivity index (χ1n) is 7.11. The molecule has 6 heteroatoms. The highest BCUT2D eigenvalue weighted by Crippen LogP contribution is 2.37. The summed E-state index contributed by atoms with van der Waals surface area (Å²) in [5.41, 5.74) is 0.200. The number of aromatic nitrogens is 1. The molecule has 3 amide bonds. The summed E-state index contributed by atoms with van der Waals surface area (Å²) in [6.07, 6.45) is 3.45. The van der Waals surface area contributed by atoms with Crippen molar-refractivity contribution in [1.82, 2.24) is 15.2 Å². The second-order valence-corrected chi connectivity index (χ2v) is 5.72. The molecule has 2 aliphatic rings. The number of rotatable bonds is 3. The fourth-order valence-electron chi connectivity index (χ4n) is 3.05. The van der Waals surface area contributed by atoms with E-state index in [0.29, 0.717) is 32.4 Å². The van der Waals surface area contributed by atoms with Gasteiger partial charge in [-0.1, -0.05) is 6.07 Å². The number of likely N-dealkylation sites (tertiary alicyclic amines) is 1. The van der Waals surface area contributed by atoms with Crippen molar-refractivity contribution >= 4 is 17.7 Å². The molecule has 0 bridgehead atoms. The minimum absolute atomic E-state index is 0.0182. The number of nitrogens with one attached hydrogen (secondary N) is 1. The normalized spacial score (nSPS) is 24.7. The smallest absolute Gasteiger partial charge is 0.235 e. The molecule has 1 aromatic rings. The number of nitrogens with zero attached hydrogens (tertiary/aromatic N) is 2. The maximum absolute atomic E-state index is 12.2. The Labute approximate surface area is 122 Å². The second kappa shape index (κ2) is 5.27. The summed E-state index contributed by atoms with van der Waals surface area (Å²) >= 11 is 0. The molecular weight excluding hydrogens is 270 g/mol. The molecular formula is C15H17N3O3. The van der Waals surface area contributed by atoms with E-state index in [0.717, 1.165) is 5.69 Å². The van der Waals surface area contributed by atoms with Gasteiger partial charge in [0.05, 0.1) is 5.41 Å². The number of pyridine rings is 1. The summed E-state index contributed by atoms with van der Waals surface area (Å²) in [7, 11) is 0. The molecule has 0 unspecified atom stereocenters. The van der Waals surface area contributed by atoms with Crippen molar-refractivity contribution in [3.05, 3.63) is 30.1 Å². The molecule has 1 spiro atoms. The van der Waals surface area contributed by atoms with Gasteiger partial charge in [0.1, 0.15) is 0 Å². The van der Waals surface area contributed by atoms with Gasteiger partial charge in [0.15, 0.2) is 0 Å². The van der Waals surface area contributed by atoms with Crippen molar-refractivity contribution in [3.8, 4) is 0 Å². The Morgan fingerprint density at radius 1 is 1.38 bits per heavy atom. The Balaban J connectivity index is 1.58. The first-order chi connectivity index (χ1) is 10.1. The van der Waals surface area contributed by atoms with Crippen molar-refractivity contribution in [2.45, 2.75) is 25.7 Å². The number of carbonyl (C=O) groups excluding carboxylic acids is 3. The van der Waals surface area contributed by atoms with E-state index in [-0.39, 0.29) is 24.1 Å². The summed E-state index contributed by atoms with van der Waals surface area (Å²) in [6, 6.07) is 5.62. The molecule has 0 aromatic carbocycles. The summed E-state index contributed by atoms with van der Waals surface area (Å²) in [4.78, 5) is 41.3. The molecule has 2 aliphatic heterocycles. The van der Waals surface area contributed by atoms with E-state index in [9.17, 15) is 14.4 Å². The van der Waals surface area contributed by atoms with E-state index in [1.807, 2.05) is 18.2 Å². The lowest BCUT2D eigenvalue weighted by molar-refractivity contribution is -0.131. The Bertz CT molecular complexity index is 587. The van der Waals surface area contributed by atoms with Crippen molar-refractivity contribution in [3.63, 3.8) is 0 Å². The van der Waals surface area contributed by atoms with E-state index < -0.39 is 5.41 Å². The molecule has 3 heterocycles. The van der Waals surface area contributed by atoms with Crippen molar-refractivity contribution in [2.24, 2.45) is 5.41 Å². The maximum atomic E-state index is 12.2. The highest BCUT2D eigenvalue weighted by molar-refractivity contribution is 6.06. The molecule has 0 saturated carbocycles. The number of hydrogen-bond acceptors (Lipinski definition) is 4. The molecule has 2 saturated heterocycles. The third kappa shape index (κ3) is 2.66. The van der Waals surface area contributed by atoms with E-state index in [1.54, 1.807) is 11.1 Å². The van der Waals surface area contributed by atoms with Gasteiger partial charge in [0, 0.05) is 37.8 Å². The Morgan fingerprint density at radius 3 is 2.90 bits per heavy atom. The van der Waals surface area contributed by atoms with Crippen molar-refractivity contribution in [1.29, 1.82) is 0 Å². The van der Waals surface area contributed by atoms with Gasteiger partial charge < -0.3 is 4.90 Å². The first kappa shape index (κ1) is 13.7. The van der Waals surface area contributed by atoms with Crippen LogP contribution in [0.4, 0.5) is 0 Å². The third-order valence-corrected chi connectivity index (χ3v) is 4.26. The molecule has 3 rings (SSSR count). The number of amides is 3. The molecule has 0 radical (unpaired) electrons. The average molecular weight is 287 g/mol. The minimum Gasteiger partial charge on any atom is -0.342 e. The second-order valence-electron chi connectivity index (χ2n) is 5.72. The fourth-order valence-corrected chi connectivity index (χ4v) is 3.05. The van der Waals surface area contributed by atoms with Crippen LogP contribution in [0.5, 0.6) is 0 Å². The lowest BCUT2D eigenvalue weighted by Crippen LogP contribution is -2.36. The zero-order valence-corrected chi connectivity index (χ0v) is 11.7. The zero-order valence-electron chi connectivity index (χ0n) is 11.7. The standard InChI is InChI=1S/C15H17N3O3/c19-12-9-15(14(21)17-12)6-8-18(10-15)13(20)5-4-11-3-1-2-7-16-11/h1-3,7H,4-6,8-10H2,(H,17,19,21)/t15-/m0/s1. The maximum Gasteiger partial charge on any atom is 0.235 e. The molecule has 21 heavy (non-hydrogen) atoms. The van der Waals surface area contributed by atoms with Gasteiger partial charge in [-0.15, -0.1) is 0 Å². The van der Waals surface area contributed by atoms with Gasteiger partial charge in [-0.25, -0.2) is 0 Å². The Kier molecular flexibility index (Phi) is 3.45. The predicted molar refractivity (Wildman–Crippen MR) is 74.0 cm³/mol. The topological polar surface area (TPSA) is 79.4 Å². The quantitative estimate of drug-likeness (QED) is 0.810. The van der Waals surface area contributed by atoms with E-state index in [4.69, 9.17) is 0 Å². The van der Waals surface area contributed by atoms with Crippen LogP contribution < -0.4 is 5.32 Å². The number of imide groups is 1. The first-order valence-corrected chi connectivity index (χ1v) is 7.11. The van der Waals surface area contributed by atoms with Crippen LogP contribution in [0.25, 0.3) is 0 Å². The van der Waals surface area contributed by atoms with Gasteiger partial charge in [-0.05, 0) is 25.0 Å². The summed E-state index contributed by atoms with van der Waals surface area (Å²) < 4.78 is 0. The van der Waals surface area contributed by atoms with Gasteiger partial charge >= 0.3 is 0 Å². The Hall–Kier alpha value is -2.24. The molecule has 1 N–H and O–H groups in total. The largest absolute Gasteiger partial charge is 0.342 e. The number of hydrogen-bond donors (Lipinski definition) is 1. The van der Waals surface area contributed by atoms with Crippen molar-refractivity contribution in [2.75, 3.05) is 13.1 Å². The summed E-state index contributed by atoms with van der Waals surface area (Å²) in [5.74, 6) is -0.444. The van der Waals surface area contributed by atoms with Gasteiger partial charge in [-0.3, -0.25) is 24.7 Å². The molecule has 2 fully saturated rings. The van der Waals surface area contributed by atoms with Crippen LogP contribution in [0.1, 0.15) is 25.0 Å². The zero-order chi connectivity index (χ0) is 14.9. The molecule has 110 valence electrons. The van der Waals surface area contributed by atoms with Crippen LogP contribution in [0, 0.1) is 5.41 Å². The van der Waals surface area contributed by atoms with E-state index >= 15 is 0 Å². The van der Waals surface area contributed by atoms with Crippen LogP contribution in [-0.2, 0) is 20.8 Å². The molecule has 1 aromatic heterocycles. The Morgan fingerprint density at radius 2 is 2.24 bits per heavy atom. The van der Waals surface area contributed by atoms with Crippen LogP contribution in [0.2, 0.25) is 0 Å². The number of carbonyl (C=O) groups is 3. The molecule has 6 nitrogen and oxygen atoms in total. The monoisotopic (exact) mass is 287 g/mol. The highest BCUT2D eigenvalue weighted by atomic mass is 16.2. The minimum atomic E-state index is -0.683. The summed E-state index contributed by atoms with van der Waals surface area (Å²) in [5, 5.41) is 2.34. The highest BCUT2D eigenvalue weighted by Gasteiger charge is 2.51. The lowest BCUT2D eigenvalue weighted by Gasteiger charge is -2.20. The van der Waals surface area contributed by atoms with Crippen LogP contribution >= 0.6 is 0 Å². The lowest BCUT2D eigenvalue weighted by atomic mass is 9.85. The van der Waals surface area contributed by atoms with Gasteiger partial charge in [0.25, 0.3) is 0 Å². The van der Waals surface area contributed by atoms with E-state index in [2.05, 4.69) is 10.3 Å². The predicted octanol–water partition coefficient (Wildman–Crippen LogP) is 0.279. The molecule has 0 aliphatic carbocycles. The van der Waals surface area contributed by atoms with Crippen molar-refractivity contribution < 1.29 is 14.4 Å². The molecule has 1 atom stereocenters. The van der Waals surface area contributed by atoms with Crippen LogP contribution in [0.3, 0.4) is 0 Å². The number of aryl methyl sites for hydroxylation is 1. The van der Waals surface area contributed by atoms with Gasteiger partial charge in [-0.2, -0.15) is 0 Å². The average Bonchev–Trinajstić information content (AvgIpc) is 3.02. The summed E-state index contributed by atoms with van der Waals surface area (Å²) in [6.45, 7) is 0.896. The SMILES string of the molecule is O=C1C[C@]2(CCN(C(=O)CCc3ccccn3)C2)C(=O)N1. The van der Waals surface area contributed by atoms with Crippen LogP contribution in [0.15, 0.2) is 24.4 Å². The van der Waals surface area contributed by atoms with Crippen LogP contribution in [-0.4, -0.2) is 40.7 Å². The van der Waals surface area contributed by atoms with Gasteiger partial charge in [0.2, 0.25) is 17.7 Å². The fraction of sp³-hybridized carbons (Fsp3) is 0.467. The third-order valence-electron chi connectivity index (χ3n) is 4.26.